The molecule has 5 atom stereocenters. The Morgan fingerprint density at radius 3 is 2.13 bits per heavy atom. The van der Waals surface area contributed by atoms with Crippen molar-refractivity contribution in [1.29, 1.82) is 0 Å². The summed E-state index contributed by atoms with van der Waals surface area (Å²) >= 11 is 0. The van der Waals surface area contributed by atoms with E-state index in [9.17, 15) is 5.11 Å². The van der Waals surface area contributed by atoms with Crippen molar-refractivity contribution in [2.45, 2.75) is 153 Å². The molecule has 0 amide bonds. The second-order valence-corrected chi connectivity index (χ2v) is 22.5. The van der Waals surface area contributed by atoms with Gasteiger partial charge < -0.3 is 14.6 Å². The van der Waals surface area contributed by atoms with E-state index in [4.69, 9.17) is 9.47 Å². The molecule has 1 aliphatic heterocycles. The average molecular weight is 627 g/mol. The van der Waals surface area contributed by atoms with Gasteiger partial charge in [0.1, 0.15) is 8.07 Å². The molecule has 7 rings (SSSR count). The molecule has 3 nitrogen and oxygen atoms in total. The molecule has 45 heavy (non-hydrogen) atoms. The second-order valence-electron chi connectivity index (χ2n) is 16.9. The van der Waals surface area contributed by atoms with E-state index in [-0.39, 0.29) is 5.41 Å². The lowest BCUT2D eigenvalue weighted by Gasteiger charge is -2.55. The zero-order valence-electron chi connectivity index (χ0n) is 29.2. The van der Waals surface area contributed by atoms with Crippen LogP contribution in [0, 0.1) is 28.7 Å². The highest BCUT2D eigenvalue weighted by Crippen LogP contribution is 2.67. The Balaban J connectivity index is 1.27. The molecule has 6 aliphatic rings. The Bertz CT molecular complexity index is 1390. The summed E-state index contributed by atoms with van der Waals surface area (Å²) in [4.78, 5) is 0. The van der Waals surface area contributed by atoms with Gasteiger partial charge in [0, 0.05) is 24.2 Å². The first-order valence-electron chi connectivity index (χ1n) is 18.5. The summed E-state index contributed by atoms with van der Waals surface area (Å²) in [7, 11) is -1.84. The molecule has 1 saturated heterocycles. The van der Waals surface area contributed by atoms with Crippen LogP contribution < -0.4 is 0 Å². The molecule has 5 aliphatic carbocycles. The molecule has 0 aromatic heterocycles. The highest BCUT2D eigenvalue weighted by Gasteiger charge is 2.63. The maximum atomic E-state index is 12.8. The quantitative estimate of drug-likeness (QED) is 0.252. The number of aliphatic hydroxyl groups is 1. The van der Waals surface area contributed by atoms with E-state index < -0.39 is 19.5 Å². The van der Waals surface area contributed by atoms with Crippen LogP contribution in [-0.4, -0.2) is 37.8 Å². The lowest BCUT2D eigenvalue weighted by molar-refractivity contribution is -0.124. The van der Waals surface area contributed by atoms with E-state index in [1.807, 2.05) is 0 Å². The molecule has 4 heteroatoms. The predicted octanol–water partition coefficient (Wildman–Crippen LogP) is 9.98. The van der Waals surface area contributed by atoms with Crippen molar-refractivity contribution >= 4 is 8.07 Å². The molecule has 244 valence electrons. The zero-order chi connectivity index (χ0) is 31.8. The van der Waals surface area contributed by atoms with Crippen molar-refractivity contribution < 1.29 is 14.6 Å². The number of benzene rings is 1. The Kier molecular flexibility index (Phi) is 8.16. The van der Waals surface area contributed by atoms with Crippen LogP contribution in [0.25, 0.3) is 0 Å². The summed E-state index contributed by atoms with van der Waals surface area (Å²) in [6.07, 6.45) is 12.9. The summed E-state index contributed by atoms with van der Waals surface area (Å²) in [5, 5.41) is 12.8. The molecule has 3 saturated carbocycles. The summed E-state index contributed by atoms with van der Waals surface area (Å²) < 4.78 is 12.3. The van der Waals surface area contributed by atoms with E-state index in [1.165, 1.54) is 36.0 Å². The first kappa shape index (κ1) is 31.9. The van der Waals surface area contributed by atoms with Gasteiger partial charge in [0.2, 0.25) is 0 Å². The van der Waals surface area contributed by atoms with Crippen molar-refractivity contribution in [1.82, 2.24) is 0 Å². The van der Waals surface area contributed by atoms with Gasteiger partial charge in [0.25, 0.3) is 0 Å². The fourth-order valence-corrected chi connectivity index (χ4v) is 16.6. The SMILES string of the molecule is CC(C)[Si](C#CC[C@]1(O)CC[C@H]2[C@@H]3CCC4=CC5(CCC4=C3[C@@H](c3ccc(C4CC4)cc3)C[C@@]21C)OCCO5)(C(C)C)C(C)C. The summed E-state index contributed by atoms with van der Waals surface area (Å²) in [6, 6.07) is 9.72. The van der Waals surface area contributed by atoms with Crippen LogP contribution in [0.3, 0.4) is 0 Å². The molecule has 1 heterocycles. The van der Waals surface area contributed by atoms with Crippen LogP contribution >= 0.6 is 0 Å². The Labute approximate surface area is 274 Å². The summed E-state index contributed by atoms with van der Waals surface area (Å²) in [5.41, 5.74) is 12.6. The Morgan fingerprint density at radius 2 is 1.51 bits per heavy atom. The maximum Gasteiger partial charge on any atom is 0.188 e. The molecule has 1 spiro atoms. The monoisotopic (exact) mass is 626 g/mol. The fraction of sp³-hybridized carbons (Fsp3) is 0.707. The molecule has 4 fully saturated rings. The molecule has 1 aromatic rings. The van der Waals surface area contributed by atoms with Crippen LogP contribution in [0.5, 0.6) is 0 Å². The first-order chi connectivity index (χ1) is 21.4. The van der Waals surface area contributed by atoms with Crippen LogP contribution in [0.2, 0.25) is 16.6 Å². The topological polar surface area (TPSA) is 38.7 Å². The molecule has 0 radical (unpaired) electrons. The Morgan fingerprint density at radius 1 is 0.867 bits per heavy atom. The van der Waals surface area contributed by atoms with E-state index in [1.54, 1.807) is 11.1 Å². The van der Waals surface area contributed by atoms with Crippen LogP contribution in [0.15, 0.2) is 47.1 Å². The van der Waals surface area contributed by atoms with Gasteiger partial charge in [-0.15, -0.1) is 11.5 Å². The molecular formula is C41H58O3Si. The minimum atomic E-state index is -1.84. The van der Waals surface area contributed by atoms with Crippen molar-refractivity contribution in [3.8, 4) is 11.5 Å². The Hall–Kier alpha value is -1.64. The van der Waals surface area contributed by atoms with Gasteiger partial charge in [-0.05, 0) is 114 Å². The van der Waals surface area contributed by atoms with Crippen LogP contribution in [0.1, 0.15) is 136 Å². The van der Waals surface area contributed by atoms with Gasteiger partial charge in [-0.3, -0.25) is 0 Å². The van der Waals surface area contributed by atoms with Crippen LogP contribution in [0.4, 0.5) is 0 Å². The molecule has 1 N–H and O–H groups in total. The van der Waals surface area contributed by atoms with Crippen molar-refractivity contribution in [2.75, 3.05) is 13.2 Å². The van der Waals surface area contributed by atoms with Gasteiger partial charge in [0.05, 0.1) is 18.8 Å². The third kappa shape index (κ3) is 5.10. The summed E-state index contributed by atoms with van der Waals surface area (Å²) in [5.74, 6) is 5.40. The van der Waals surface area contributed by atoms with Crippen molar-refractivity contribution in [3.05, 3.63) is 58.2 Å². The minimum Gasteiger partial charge on any atom is -0.388 e. The van der Waals surface area contributed by atoms with Gasteiger partial charge in [-0.2, -0.15) is 0 Å². The average Bonchev–Trinajstić information content (AvgIpc) is 3.71. The number of rotatable bonds is 6. The molecular weight excluding hydrogens is 569 g/mol. The normalized spacial score (nSPS) is 34.1. The zero-order valence-corrected chi connectivity index (χ0v) is 30.2. The number of ether oxygens (including phenoxy) is 2. The van der Waals surface area contributed by atoms with Gasteiger partial charge >= 0.3 is 0 Å². The number of fused-ring (bicyclic) bond motifs is 4. The second kappa shape index (κ2) is 11.5. The molecule has 0 bridgehead atoms. The number of hydrogen-bond donors (Lipinski definition) is 1. The molecule has 1 aromatic carbocycles. The van der Waals surface area contributed by atoms with E-state index in [0.717, 1.165) is 44.4 Å². The lowest BCUT2D eigenvalue weighted by Crippen LogP contribution is -2.51. The number of allylic oxidation sites excluding steroid dienone is 3. The van der Waals surface area contributed by atoms with Crippen molar-refractivity contribution in [2.24, 2.45) is 17.3 Å². The van der Waals surface area contributed by atoms with Gasteiger partial charge in [0.15, 0.2) is 5.79 Å². The first-order valence-corrected chi connectivity index (χ1v) is 20.7. The molecule has 0 unspecified atom stereocenters. The van der Waals surface area contributed by atoms with E-state index in [2.05, 4.69) is 90.3 Å². The van der Waals surface area contributed by atoms with Crippen molar-refractivity contribution in [3.63, 3.8) is 0 Å². The standard InChI is InChI=1S/C41H58O3Si/c1-27(2)45(28(3)4,29(5)6)24-8-19-40(42)20-18-37-35-16-15-33-25-41(43-22-23-44-41)21-17-34(33)38(35)36(26-39(37,40)7)32-13-11-31(12-14-32)30-9-10-30/h11-14,25,27-30,35-37,42H,9-10,15-23,26H2,1-7H3/t35-,36+,37-,39-,40-/m0/s1. The highest BCUT2D eigenvalue weighted by atomic mass is 28.3. The smallest absolute Gasteiger partial charge is 0.188 e. The highest BCUT2D eigenvalue weighted by molar-refractivity contribution is 6.90. The largest absolute Gasteiger partial charge is 0.388 e. The van der Waals surface area contributed by atoms with E-state index >= 15 is 0 Å². The van der Waals surface area contributed by atoms with Gasteiger partial charge in [-0.25, -0.2) is 0 Å². The number of hydrogen-bond acceptors (Lipinski definition) is 3. The van der Waals surface area contributed by atoms with E-state index in [0.29, 0.717) is 54.0 Å². The summed E-state index contributed by atoms with van der Waals surface area (Å²) in [6.45, 7) is 18.2. The third-order valence-corrected chi connectivity index (χ3v) is 20.3. The lowest BCUT2D eigenvalue weighted by atomic mass is 9.51. The van der Waals surface area contributed by atoms with Gasteiger partial charge in [-0.1, -0.05) is 78.3 Å². The maximum absolute atomic E-state index is 12.8. The third-order valence-electron chi connectivity index (χ3n) is 13.9. The predicted molar refractivity (Wildman–Crippen MR) is 187 cm³/mol. The minimum absolute atomic E-state index is 0.150. The van der Waals surface area contributed by atoms with Crippen LogP contribution in [-0.2, 0) is 9.47 Å². The fourth-order valence-electron chi connectivity index (χ4n) is 11.4.